The predicted molar refractivity (Wildman–Crippen MR) is 68.0 cm³/mol. The van der Waals surface area contributed by atoms with Gasteiger partial charge in [-0.15, -0.1) is 0 Å². The summed E-state index contributed by atoms with van der Waals surface area (Å²) in [5, 5.41) is 0. The third-order valence-corrected chi connectivity index (χ3v) is 3.04. The number of nitrogens with two attached hydrogens (primary N) is 2. The minimum Gasteiger partial charge on any atom is -0.377 e. The molecule has 0 aromatic carbocycles. The first-order valence-electron chi connectivity index (χ1n) is 5.93. The van der Waals surface area contributed by atoms with Crippen LogP contribution in [0.2, 0.25) is 0 Å². The highest BCUT2D eigenvalue weighted by Gasteiger charge is 2.29. The number of carbonyl (C=O) groups excluding carboxylic acids is 1. The number of aromatic nitrogens is 1. The van der Waals surface area contributed by atoms with Gasteiger partial charge in [-0.05, 0) is 13.0 Å². The smallest absolute Gasteiger partial charge is 0.242 e. The summed E-state index contributed by atoms with van der Waals surface area (Å²) in [5.41, 5.74) is 12.9. The minimum absolute atomic E-state index is 0.301. The van der Waals surface area contributed by atoms with E-state index >= 15 is 0 Å². The summed E-state index contributed by atoms with van der Waals surface area (Å²) in [6.45, 7) is 3.74. The van der Waals surface area contributed by atoms with Gasteiger partial charge in [0.1, 0.15) is 11.9 Å². The minimum atomic E-state index is -0.474. The first-order chi connectivity index (χ1) is 8.63. The highest BCUT2D eigenvalue weighted by atomic mass is 16.5. The molecule has 6 nitrogen and oxygen atoms in total. The van der Waals surface area contributed by atoms with Crippen molar-refractivity contribution in [1.29, 1.82) is 0 Å². The van der Waals surface area contributed by atoms with Crippen molar-refractivity contribution in [1.82, 2.24) is 4.98 Å². The van der Waals surface area contributed by atoms with Crippen LogP contribution in [0.25, 0.3) is 0 Å². The van der Waals surface area contributed by atoms with Crippen molar-refractivity contribution >= 4 is 11.7 Å². The zero-order valence-electron chi connectivity index (χ0n) is 10.4. The monoisotopic (exact) mass is 250 g/mol. The van der Waals surface area contributed by atoms with Gasteiger partial charge in [0.25, 0.3) is 0 Å². The van der Waals surface area contributed by atoms with Gasteiger partial charge in [-0.1, -0.05) is 6.07 Å². The summed E-state index contributed by atoms with van der Waals surface area (Å²) >= 11 is 0. The van der Waals surface area contributed by atoms with Crippen LogP contribution < -0.4 is 16.4 Å². The predicted octanol–water partition coefficient (Wildman–Crippen LogP) is -0.461. The maximum absolute atomic E-state index is 11.5. The largest absolute Gasteiger partial charge is 0.377 e. The van der Waals surface area contributed by atoms with E-state index in [1.807, 2.05) is 24.0 Å². The van der Waals surface area contributed by atoms with Crippen LogP contribution in [0.5, 0.6) is 0 Å². The number of amides is 1. The summed E-state index contributed by atoms with van der Waals surface area (Å²) in [5.74, 6) is 0.338. The molecule has 1 atom stereocenters. The third-order valence-electron chi connectivity index (χ3n) is 3.04. The average molecular weight is 250 g/mol. The lowest BCUT2D eigenvalue weighted by molar-refractivity contribution is -0.121. The second kappa shape index (κ2) is 5.32. The summed E-state index contributed by atoms with van der Waals surface area (Å²) in [7, 11) is 0. The molecule has 1 fully saturated rings. The van der Waals surface area contributed by atoms with Crippen molar-refractivity contribution in [2.75, 3.05) is 24.7 Å². The van der Waals surface area contributed by atoms with Crippen LogP contribution in [0, 0.1) is 6.92 Å². The summed E-state index contributed by atoms with van der Waals surface area (Å²) in [6, 6.07) is 3.37. The molecule has 0 bridgehead atoms. The number of anilines is 1. The van der Waals surface area contributed by atoms with Gasteiger partial charge < -0.3 is 21.1 Å². The molecule has 2 heterocycles. The topological polar surface area (TPSA) is 94.5 Å². The Hall–Kier alpha value is -1.66. The highest BCUT2D eigenvalue weighted by Crippen LogP contribution is 2.22. The molecule has 1 aromatic rings. The Morgan fingerprint density at radius 3 is 3.06 bits per heavy atom. The van der Waals surface area contributed by atoms with Gasteiger partial charge in [-0.2, -0.15) is 0 Å². The Bertz CT molecular complexity index is 450. The van der Waals surface area contributed by atoms with Crippen molar-refractivity contribution in [2.24, 2.45) is 11.5 Å². The molecule has 6 heteroatoms. The number of morpholine rings is 1. The molecule has 1 aliphatic heterocycles. The molecule has 1 amide bonds. The normalized spacial score (nSPS) is 19.9. The average Bonchev–Trinajstić information content (AvgIpc) is 2.38. The zero-order valence-corrected chi connectivity index (χ0v) is 10.4. The second-order valence-electron chi connectivity index (χ2n) is 4.33. The molecule has 18 heavy (non-hydrogen) atoms. The van der Waals surface area contributed by atoms with Crippen molar-refractivity contribution in [3.63, 3.8) is 0 Å². The molecule has 98 valence electrons. The van der Waals surface area contributed by atoms with Crippen LogP contribution in [0.1, 0.15) is 11.3 Å². The van der Waals surface area contributed by atoms with Gasteiger partial charge in [0.2, 0.25) is 5.91 Å². The maximum atomic E-state index is 11.5. The van der Waals surface area contributed by atoms with Gasteiger partial charge in [-0.25, -0.2) is 4.98 Å². The van der Waals surface area contributed by atoms with Crippen LogP contribution in [-0.4, -0.2) is 36.7 Å². The summed E-state index contributed by atoms with van der Waals surface area (Å²) in [6.07, 6.45) is 0. The number of rotatable bonds is 3. The number of ether oxygens (including phenoxy) is 1. The van der Waals surface area contributed by atoms with E-state index < -0.39 is 11.9 Å². The molecule has 0 aliphatic carbocycles. The lowest BCUT2D eigenvalue weighted by Gasteiger charge is -2.35. The Kier molecular flexibility index (Phi) is 3.78. The van der Waals surface area contributed by atoms with Crippen LogP contribution in [0.15, 0.2) is 12.1 Å². The molecular weight excluding hydrogens is 232 g/mol. The number of pyridine rings is 1. The molecule has 0 saturated carbocycles. The first-order valence-corrected chi connectivity index (χ1v) is 5.93. The van der Waals surface area contributed by atoms with Crippen LogP contribution >= 0.6 is 0 Å². The lowest BCUT2D eigenvalue weighted by atomic mass is 10.1. The Morgan fingerprint density at radius 1 is 1.61 bits per heavy atom. The van der Waals surface area contributed by atoms with Crippen molar-refractivity contribution < 1.29 is 9.53 Å². The maximum Gasteiger partial charge on any atom is 0.242 e. The van der Waals surface area contributed by atoms with Gasteiger partial charge in [-0.3, -0.25) is 4.79 Å². The van der Waals surface area contributed by atoms with Crippen LogP contribution in [-0.2, 0) is 16.1 Å². The molecular formula is C12H18N4O2. The number of carbonyl (C=O) groups is 1. The fraction of sp³-hybridized carbons (Fsp3) is 0.500. The zero-order chi connectivity index (χ0) is 13.1. The van der Waals surface area contributed by atoms with E-state index in [1.165, 1.54) is 0 Å². The van der Waals surface area contributed by atoms with E-state index in [-0.39, 0.29) is 0 Å². The van der Waals surface area contributed by atoms with E-state index in [0.717, 1.165) is 17.1 Å². The molecule has 1 saturated heterocycles. The quantitative estimate of drug-likeness (QED) is 0.757. The molecule has 0 radical (unpaired) electrons. The molecule has 0 spiro atoms. The van der Waals surface area contributed by atoms with E-state index in [1.54, 1.807) is 0 Å². The van der Waals surface area contributed by atoms with Crippen molar-refractivity contribution in [3.05, 3.63) is 23.4 Å². The van der Waals surface area contributed by atoms with Crippen LogP contribution in [0.4, 0.5) is 5.82 Å². The lowest BCUT2D eigenvalue weighted by Crippen LogP contribution is -2.53. The molecule has 2 rings (SSSR count). The Labute approximate surface area is 106 Å². The van der Waals surface area contributed by atoms with E-state index in [9.17, 15) is 4.79 Å². The summed E-state index contributed by atoms with van der Waals surface area (Å²) < 4.78 is 5.30. The van der Waals surface area contributed by atoms with Gasteiger partial charge in [0, 0.05) is 24.3 Å². The third kappa shape index (κ3) is 2.44. The second-order valence-corrected chi connectivity index (χ2v) is 4.33. The fourth-order valence-electron chi connectivity index (χ4n) is 2.07. The van der Waals surface area contributed by atoms with E-state index in [4.69, 9.17) is 16.2 Å². The SMILES string of the molecule is Cc1ccc(CN)c(N2CCOCC2C(N)=O)n1. The van der Waals surface area contributed by atoms with E-state index in [2.05, 4.69) is 4.98 Å². The first kappa shape index (κ1) is 12.8. The Balaban J connectivity index is 2.38. The standard InChI is InChI=1S/C12H18N4O2/c1-8-2-3-9(6-13)12(15-8)16-4-5-18-7-10(16)11(14)17/h2-3,10H,4-7,13H2,1H3,(H2,14,17). The van der Waals surface area contributed by atoms with Gasteiger partial charge in [0.05, 0.1) is 13.2 Å². The number of primary amides is 1. The van der Waals surface area contributed by atoms with E-state index in [0.29, 0.717) is 26.3 Å². The number of hydrogen-bond donors (Lipinski definition) is 2. The number of nitrogens with zero attached hydrogens (tertiary/aromatic N) is 2. The number of hydrogen-bond acceptors (Lipinski definition) is 5. The van der Waals surface area contributed by atoms with Gasteiger partial charge >= 0.3 is 0 Å². The molecule has 4 N–H and O–H groups in total. The number of aryl methyl sites for hydroxylation is 1. The summed E-state index contributed by atoms with van der Waals surface area (Å²) in [4.78, 5) is 17.8. The van der Waals surface area contributed by atoms with Crippen molar-refractivity contribution in [2.45, 2.75) is 19.5 Å². The fourth-order valence-corrected chi connectivity index (χ4v) is 2.07. The Morgan fingerprint density at radius 2 is 2.39 bits per heavy atom. The molecule has 1 aliphatic rings. The van der Waals surface area contributed by atoms with Gasteiger partial charge in [0.15, 0.2) is 0 Å². The highest BCUT2D eigenvalue weighted by molar-refractivity contribution is 5.84. The molecule has 1 unspecified atom stereocenters. The molecule has 1 aromatic heterocycles. The van der Waals surface area contributed by atoms with Crippen molar-refractivity contribution in [3.8, 4) is 0 Å². The van der Waals surface area contributed by atoms with Crippen LogP contribution in [0.3, 0.4) is 0 Å².